The number of ether oxygens (including phenoxy) is 2. The number of rotatable bonds is 6. The van der Waals surface area contributed by atoms with Crippen molar-refractivity contribution in [1.29, 1.82) is 0 Å². The molecule has 1 aliphatic carbocycles. The van der Waals surface area contributed by atoms with Crippen LogP contribution in [0.25, 0.3) is 0 Å². The highest BCUT2D eigenvalue weighted by Crippen LogP contribution is 2.34. The molecule has 45 heavy (non-hydrogen) atoms. The second-order valence-electron chi connectivity index (χ2n) is 14.8. The van der Waals surface area contributed by atoms with Crippen LogP contribution in [0.2, 0.25) is 0 Å². The molecule has 250 valence electrons. The predicted octanol–water partition coefficient (Wildman–Crippen LogP) is 4.93. The number of sulfonamides is 1. The first-order valence-corrected chi connectivity index (χ1v) is 18.2. The van der Waals surface area contributed by atoms with Gasteiger partial charge in [-0.1, -0.05) is 45.4 Å². The van der Waals surface area contributed by atoms with Gasteiger partial charge in [0.1, 0.15) is 18.3 Å². The normalized spacial score (nSPS) is 29.8. The number of fused-ring (bicyclic) bond motifs is 4. The lowest BCUT2D eigenvalue weighted by atomic mass is 9.85. The van der Waals surface area contributed by atoms with Crippen molar-refractivity contribution in [2.45, 2.75) is 129 Å². The first kappa shape index (κ1) is 34.2. The van der Waals surface area contributed by atoms with E-state index < -0.39 is 21.6 Å². The third-order valence-corrected chi connectivity index (χ3v) is 11.1. The zero-order valence-electron chi connectivity index (χ0n) is 28.2. The molecule has 1 aromatic carbocycles. The van der Waals surface area contributed by atoms with Gasteiger partial charge in [0.15, 0.2) is 5.75 Å². The zero-order chi connectivity index (χ0) is 32.4. The number of aromatic nitrogens is 2. The largest absolute Gasteiger partial charge is 0.488 e. The molecule has 5 unspecified atom stereocenters. The predicted molar refractivity (Wildman–Crippen MR) is 177 cm³/mol. The van der Waals surface area contributed by atoms with E-state index in [-0.39, 0.29) is 35.7 Å². The number of hydrogen-bond donors (Lipinski definition) is 3. The lowest BCUT2D eigenvalue weighted by molar-refractivity contribution is -0.0519. The average molecular weight is 643 g/mol. The van der Waals surface area contributed by atoms with E-state index in [0.717, 1.165) is 31.6 Å². The fraction of sp³-hybridized carbons (Fsp3) is 0.706. The molecule has 0 amide bonds. The third-order valence-electron chi connectivity index (χ3n) is 9.26. The van der Waals surface area contributed by atoms with Gasteiger partial charge < -0.3 is 9.47 Å². The van der Waals surface area contributed by atoms with Crippen molar-refractivity contribution in [3.8, 4) is 5.75 Å². The SMILES string of the molecule is Cc1cccc(C)c1C1CC2NC(N1)NS(=O)(=O)C1CCCC(C1)CN(Cc1ncc(OC(C)C)cn1)[C@H](CC(C)(C)C)CO2. The van der Waals surface area contributed by atoms with Crippen LogP contribution >= 0.6 is 0 Å². The minimum atomic E-state index is -3.59. The summed E-state index contributed by atoms with van der Waals surface area (Å²) in [5, 5.41) is 6.58. The summed E-state index contributed by atoms with van der Waals surface area (Å²) in [6.07, 6.45) is 7.38. The fourth-order valence-electron chi connectivity index (χ4n) is 7.34. The topological polar surface area (TPSA) is 118 Å². The second-order valence-corrected chi connectivity index (χ2v) is 16.8. The van der Waals surface area contributed by atoms with Crippen LogP contribution in [0.5, 0.6) is 5.75 Å². The Morgan fingerprint density at radius 2 is 1.78 bits per heavy atom. The van der Waals surface area contributed by atoms with Gasteiger partial charge in [0.25, 0.3) is 0 Å². The van der Waals surface area contributed by atoms with Gasteiger partial charge in [-0.3, -0.25) is 15.5 Å². The number of hydrogen-bond acceptors (Lipinski definition) is 9. The molecule has 0 radical (unpaired) electrons. The van der Waals surface area contributed by atoms with Gasteiger partial charge in [-0.2, -0.15) is 4.72 Å². The van der Waals surface area contributed by atoms with Crippen molar-refractivity contribution in [2.24, 2.45) is 11.3 Å². The summed E-state index contributed by atoms with van der Waals surface area (Å²) in [6.45, 7) is 16.9. The van der Waals surface area contributed by atoms with Gasteiger partial charge in [0.2, 0.25) is 10.0 Å². The molecule has 6 atom stereocenters. The van der Waals surface area contributed by atoms with E-state index in [1.54, 1.807) is 12.4 Å². The van der Waals surface area contributed by atoms with Crippen molar-refractivity contribution in [2.75, 3.05) is 13.2 Å². The molecule has 5 rings (SSSR count). The molecule has 1 aromatic heterocycles. The molecule has 10 nitrogen and oxygen atoms in total. The molecule has 1 saturated carbocycles. The van der Waals surface area contributed by atoms with Gasteiger partial charge in [0.05, 0.1) is 36.9 Å². The maximum Gasteiger partial charge on any atom is 0.216 e. The van der Waals surface area contributed by atoms with Crippen LogP contribution in [-0.2, 0) is 21.3 Å². The molecule has 0 spiro atoms. The van der Waals surface area contributed by atoms with E-state index in [1.807, 2.05) is 13.8 Å². The highest BCUT2D eigenvalue weighted by atomic mass is 32.2. The van der Waals surface area contributed by atoms with Crippen molar-refractivity contribution >= 4 is 10.0 Å². The first-order chi connectivity index (χ1) is 21.3. The summed E-state index contributed by atoms with van der Waals surface area (Å²) < 4.78 is 43.2. The van der Waals surface area contributed by atoms with E-state index in [2.05, 4.69) is 83.0 Å². The van der Waals surface area contributed by atoms with Crippen LogP contribution in [0.3, 0.4) is 0 Å². The Bertz CT molecular complexity index is 1360. The molecular formula is C34H54N6O4S. The van der Waals surface area contributed by atoms with Crippen LogP contribution in [0, 0.1) is 25.2 Å². The molecule has 3 heterocycles. The van der Waals surface area contributed by atoms with Crippen LogP contribution in [0.15, 0.2) is 30.6 Å². The summed E-state index contributed by atoms with van der Waals surface area (Å²) >= 11 is 0. The Kier molecular flexibility index (Phi) is 10.9. The number of benzene rings is 1. The molecule has 2 aromatic rings. The quantitative estimate of drug-likeness (QED) is 0.403. The molecule has 2 aliphatic heterocycles. The smallest absolute Gasteiger partial charge is 0.216 e. The van der Waals surface area contributed by atoms with E-state index in [4.69, 9.17) is 9.47 Å². The highest BCUT2D eigenvalue weighted by molar-refractivity contribution is 7.90. The Hall–Kier alpha value is -2.15. The van der Waals surface area contributed by atoms with Gasteiger partial charge in [-0.15, -0.1) is 0 Å². The van der Waals surface area contributed by atoms with Crippen LogP contribution in [0.1, 0.15) is 102 Å². The maximum atomic E-state index is 13.8. The molecule has 3 fully saturated rings. The van der Waals surface area contributed by atoms with E-state index >= 15 is 0 Å². The molecular weight excluding hydrogens is 588 g/mol. The van der Waals surface area contributed by atoms with Crippen LogP contribution in [-0.4, -0.2) is 66.4 Å². The summed E-state index contributed by atoms with van der Waals surface area (Å²) in [5.41, 5.74) is 3.63. The molecule has 3 N–H and O–H groups in total. The minimum Gasteiger partial charge on any atom is -0.488 e. The number of nitrogens with zero attached hydrogens (tertiary/aromatic N) is 3. The molecule has 4 bridgehead atoms. The average Bonchev–Trinajstić information content (AvgIpc) is 2.95. The monoisotopic (exact) mass is 642 g/mol. The highest BCUT2D eigenvalue weighted by Gasteiger charge is 2.39. The summed E-state index contributed by atoms with van der Waals surface area (Å²) in [5.74, 6) is 1.63. The van der Waals surface area contributed by atoms with Crippen molar-refractivity contribution in [3.63, 3.8) is 0 Å². The number of nitrogens with one attached hydrogen (secondary N) is 3. The maximum absolute atomic E-state index is 13.8. The molecule has 3 aliphatic rings. The Morgan fingerprint density at radius 3 is 2.44 bits per heavy atom. The van der Waals surface area contributed by atoms with Crippen molar-refractivity contribution in [3.05, 3.63) is 53.1 Å². The van der Waals surface area contributed by atoms with Crippen molar-refractivity contribution in [1.82, 2.24) is 30.2 Å². The first-order valence-electron chi connectivity index (χ1n) is 16.7. The molecule has 2 saturated heterocycles. The van der Waals surface area contributed by atoms with E-state index in [9.17, 15) is 8.42 Å². The van der Waals surface area contributed by atoms with Crippen LogP contribution < -0.4 is 20.1 Å². The van der Waals surface area contributed by atoms with Gasteiger partial charge >= 0.3 is 0 Å². The Morgan fingerprint density at radius 1 is 1.07 bits per heavy atom. The Balaban J connectivity index is 1.47. The van der Waals surface area contributed by atoms with Crippen LogP contribution in [0.4, 0.5) is 0 Å². The summed E-state index contributed by atoms with van der Waals surface area (Å²) in [7, 11) is -3.59. The van der Waals surface area contributed by atoms with E-state index in [1.165, 1.54) is 16.7 Å². The lowest BCUT2D eigenvalue weighted by Crippen LogP contribution is -2.64. The van der Waals surface area contributed by atoms with E-state index in [0.29, 0.717) is 38.2 Å². The fourth-order valence-corrected chi connectivity index (χ4v) is 9.00. The minimum absolute atomic E-state index is 0.0504. The number of aryl methyl sites for hydroxylation is 2. The lowest BCUT2D eigenvalue weighted by Gasteiger charge is -2.40. The van der Waals surface area contributed by atoms with Crippen molar-refractivity contribution < 1.29 is 17.9 Å². The van der Waals surface area contributed by atoms with Gasteiger partial charge in [-0.05, 0) is 81.4 Å². The standard InChI is InChI=1S/C34H54N6O4S/c1-22(2)44-27-17-35-30(36-18-27)20-40-19-25-12-9-13-28(14-25)45(41,42)39-33-37-29(32-23(3)10-8-11-24(32)4)15-31(38-33)43-21-26(40)16-34(5,6)7/h8,10-11,17-18,22,25-26,28-29,31,33,37-39H,9,12-16,19-21H2,1-7H3/t25?,26-,28?,29?,31?,33?/m1/s1. The Labute approximate surface area is 270 Å². The van der Waals surface area contributed by atoms with Gasteiger partial charge in [0, 0.05) is 25.0 Å². The summed E-state index contributed by atoms with van der Waals surface area (Å²) in [6, 6.07) is 6.34. The summed E-state index contributed by atoms with van der Waals surface area (Å²) in [4.78, 5) is 11.8. The zero-order valence-corrected chi connectivity index (χ0v) is 29.0. The molecule has 11 heteroatoms. The van der Waals surface area contributed by atoms with Gasteiger partial charge in [-0.25, -0.2) is 18.4 Å². The second kappa shape index (κ2) is 14.3. The third kappa shape index (κ3) is 9.23.